The molecule has 1 aromatic carbocycles. The zero-order chi connectivity index (χ0) is 11.8. The summed E-state index contributed by atoms with van der Waals surface area (Å²) in [5, 5.41) is 0.911. The lowest BCUT2D eigenvalue weighted by Gasteiger charge is -2.19. The minimum atomic E-state index is -0.484. The van der Waals surface area contributed by atoms with Gasteiger partial charge in [0.15, 0.2) is 0 Å². The van der Waals surface area contributed by atoms with Gasteiger partial charge in [-0.05, 0) is 26.8 Å². The molecule has 0 saturated carbocycles. The molecule has 3 heteroatoms. The molecule has 16 heavy (non-hydrogen) atoms. The number of nitrogens with zero attached hydrogens (tertiary/aromatic N) is 1. The second kappa shape index (κ2) is 3.67. The van der Waals surface area contributed by atoms with E-state index in [9.17, 15) is 4.79 Å². The van der Waals surface area contributed by atoms with Crippen LogP contribution < -0.4 is 0 Å². The largest absolute Gasteiger partial charge is 0.443 e. The summed E-state index contributed by atoms with van der Waals surface area (Å²) in [6, 6.07) is 10.6. The van der Waals surface area contributed by atoms with Crippen LogP contribution in [0.1, 0.15) is 20.8 Å². The van der Waals surface area contributed by atoms with E-state index < -0.39 is 5.60 Å². The lowest BCUT2D eigenvalue weighted by Crippen LogP contribution is -2.26. The molecule has 0 saturated heterocycles. The van der Waals surface area contributed by atoms with Gasteiger partial charge >= 0.3 is 6.09 Å². The highest BCUT2D eigenvalue weighted by Crippen LogP contribution is 2.16. The van der Waals surface area contributed by atoms with Crippen molar-refractivity contribution in [2.45, 2.75) is 26.4 Å². The average molecular weight is 216 g/mol. The first-order valence-corrected chi connectivity index (χ1v) is 5.18. The van der Waals surface area contributed by atoms with Crippen molar-refractivity contribution in [3.05, 3.63) is 36.5 Å². The number of carbonyl (C=O) groups excluding carboxylic acids is 1. The molecule has 0 amide bonds. The second-order valence-electron chi connectivity index (χ2n) is 4.64. The maximum atomic E-state index is 11.9. The molecule has 1 radical (unpaired) electrons. The number of hydrogen-bond acceptors (Lipinski definition) is 2. The van der Waals surface area contributed by atoms with E-state index in [0.29, 0.717) is 0 Å². The predicted molar refractivity (Wildman–Crippen MR) is 62.4 cm³/mol. The number of fused-ring (bicyclic) bond motifs is 1. The van der Waals surface area contributed by atoms with E-state index in [0.717, 1.165) is 10.9 Å². The van der Waals surface area contributed by atoms with Crippen LogP contribution in [0.15, 0.2) is 30.5 Å². The van der Waals surface area contributed by atoms with E-state index >= 15 is 0 Å². The van der Waals surface area contributed by atoms with Gasteiger partial charge in [-0.1, -0.05) is 18.2 Å². The Morgan fingerprint density at radius 2 is 2.00 bits per heavy atom. The zero-order valence-corrected chi connectivity index (χ0v) is 9.65. The monoisotopic (exact) mass is 216 g/mol. The Bertz CT molecular complexity index is 520. The molecular formula is C13H14NO2. The van der Waals surface area contributed by atoms with E-state index in [1.54, 1.807) is 6.20 Å². The third-order valence-electron chi connectivity index (χ3n) is 2.10. The molecule has 0 N–H and O–H groups in total. The molecule has 2 aromatic rings. The van der Waals surface area contributed by atoms with E-state index in [2.05, 4.69) is 6.07 Å². The van der Waals surface area contributed by atoms with Crippen LogP contribution in [0.3, 0.4) is 0 Å². The van der Waals surface area contributed by atoms with Crippen LogP contribution in [0.2, 0.25) is 0 Å². The highest BCUT2D eigenvalue weighted by Gasteiger charge is 2.18. The normalized spacial score (nSPS) is 11.7. The molecule has 1 aromatic heterocycles. The minimum Gasteiger partial charge on any atom is -0.443 e. The number of hydrogen-bond donors (Lipinski definition) is 0. The van der Waals surface area contributed by atoms with Gasteiger partial charge in [-0.25, -0.2) is 4.79 Å². The summed E-state index contributed by atoms with van der Waals surface area (Å²) < 4.78 is 6.77. The van der Waals surface area contributed by atoms with Gasteiger partial charge in [-0.2, -0.15) is 0 Å². The summed E-state index contributed by atoms with van der Waals surface area (Å²) in [6.45, 7) is 5.54. The summed E-state index contributed by atoms with van der Waals surface area (Å²) in [5.41, 5.74) is 0.333. The number of aromatic nitrogens is 1. The maximum absolute atomic E-state index is 11.9. The molecule has 0 aliphatic heterocycles. The number of benzene rings is 1. The minimum absolute atomic E-state index is 0.370. The zero-order valence-electron chi connectivity index (χ0n) is 9.65. The van der Waals surface area contributed by atoms with Gasteiger partial charge in [-0.15, -0.1) is 0 Å². The third kappa shape index (κ3) is 2.08. The fraction of sp³-hybridized carbons (Fsp3) is 0.308. The lowest BCUT2D eigenvalue weighted by atomic mass is 10.2. The average Bonchev–Trinajstić information content (AvgIpc) is 2.58. The molecule has 0 spiro atoms. The first-order valence-electron chi connectivity index (χ1n) is 5.18. The van der Waals surface area contributed by atoms with Crippen molar-refractivity contribution < 1.29 is 9.53 Å². The molecule has 3 nitrogen and oxygen atoms in total. The van der Waals surface area contributed by atoms with Gasteiger partial charge in [0.2, 0.25) is 0 Å². The molecule has 0 fully saturated rings. The topological polar surface area (TPSA) is 31.2 Å². The van der Waals surface area contributed by atoms with Gasteiger partial charge in [0.25, 0.3) is 0 Å². The first kappa shape index (κ1) is 10.7. The number of carbonyl (C=O) groups is 1. The Morgan fingerprint density at radius 3 is 2.69 bits per heavy atom. The molecule has 0 aliphatic rings. The van der Waals surface area contributed by atoms with Crippen molar-refractivity contribution >= 4 is 17.0 Å². The van der Waals surface area contributed by atoms with Gasteiger partial charge in [-0.3, -0.25) is 4.57 Å². The highest BCUT2D eigenvalue weighted by atomic mass is 16.6. The Kier molecular flexibility index (Phi) is 2.46. The molecule has 0 aliphatic carbocycles. The van der Waals surface area contributed by atoms with Crippen molar-refractivity contribution in [2.75, 3.05) is 0 Å². The number of para-hydroxylation sites is 1. The summed E-state index contributed by atoms with van der Waals surface area (Å²) in [7, 11) is 0. The summed E-state index contributed by atoms with van der Waals surface area (Å²) in [4.78, 5) is 11.9. The van der Waals surface area contributed by atoms with Crippen LogP contribution in [0.4, 0.5) is 4.79 Å². The quantitative estimate of drug-likeness (QED) is 0.677. The van der Waals surface area contributed by atoms with Crippen molar-refractivity contribution in [1.29, 1.82) is 0 Å². The maximum Gasteiger partial charge on any atom is 0.419 e. The summed E-state index contributed by atoms with van der Waals surface area (Å²) in [5.74, 6) is 0. The Hall–Kier alpha value is -1.77. The van der Waals surface area contributed by atoms with Crippen LogP contribution >= 0.6 is 0 Å². The van der Waals surface area contributed by atoms with Crippen LogP contribution in [-0.2, 0) is 4.74 Å². The van der Waals surface area contributed by atoms with Gasteiger partial charge < -0.3 is 4.74 Å². The molecule has 0 bridgehead atoms. The van der Waals surface area contributed by atoms with Crippen molar-refractivity contribution in [2.24, 2.45) is 0 Å². The molecular weight excluding hydrogens is 202 g/mol. The van der Waals surface area contributed by atoms with Crippen molar-refractivity contribution in [1.82, 2.24) is 4.57 Å². The van der Waals surface area contributed by atoms with E-state index in [1.807, 2.05) is 45.0 Å². The van der Waals surface area contributed by atoms with Gasteiger partial charge in [0.05, 0.1) is 5.52 Å². The molecule has 0 atom stereocenters. The fourth-order valence-corrected chi connectivity index (χ4v) is 1.47. The van der Waals surface area contributed by atoms with E-state index in [1.165, 1.54) is 4.57 Å². The van der Waals surface area contributed by atoms with Crippen LogP contribution in [0.25, 0.3) is 10.9 Å². The SMILES string of the molecule is CC(C)(C)OC(=O)n1c[c]c2ccccc21. The Balaban J connectivity index is 2.37. The number of ether oxygens (including phenoxy) is 1. The Morgan fingerprint density at radius 1 is 1.31 bits per heavy atom. The van der Waals surface area contributed by atoms with Gasteiger partial charge in [0.1, 0.15) is 5.60 Å². The predicted octanol–water partition coefficient (Wildman–Crippen LogP) is 3.22. The first-order chi connectivity index (χ1) is 7.47. The summed E-state index contributed by atoms with van der Waals surface area (Å²) >= 11 is 0. The van der Waals surface area contributed by atoms with Crippen LogP contribution in [-0.4, -0.2) is 16.3 Å². The van der Waals surface area contributed by atoms with E-state index in [4.69, 9.17) is 4.74 Å². The fourth-order valence-electron chi connectivity index (χ4n) is 1.47. The standard InChI is InChI=1S/C13H14NO2/c1-13(2,3)16-12(15)14-9-8-10-6-4-5-7-11(10)14/h4-7,9H,1-3H3. The van der Waals surface area contributed by atoms with Crippen molar-refractivity contribution in [3.8, 4) is 0 Å². The van der Waals surface area contributed by atoms with Gasteiger partial charge in [0, 0.05) is 17.6 Å². The lowest BCUT2D eigenvalue weighted by molar-refractivity contribution is 0.0544. The Labute approximate surface area is 94.6 Å². The highest BCUT2D eigenvalue weighted by molar-refractivity contribution is 5.89. The van der Waals surface area contributed by atoms with Crippen LogP contribution in [0.5, 0.6) is 0 Å². The van der Waals surface area contributed by atoms with E-state index in [-0.39, 0.29) is 6.09 Å². The number of rotatable bonds is 0. The summed E-state index contributed by atoms with van der Waals surface area (Å²) in [6.07, 6.45) is 1.24. The molecule has 1 heterocycles. The van der Waals surface area contributed by atoms with Crippen molar-refractivity contribution in [3.63, 3.8) is 0 Å². The molecule has 0 unspecified atom stereocenters. The molecule has 83 valence electrons. The molecule has 2 rings (SSSR count). The van der Waals surface area contributed by atoms with Crippen LogP contribution in [0, 0.1) is 6.07 Å². The smallest absolute Gasteiger partial charge is 0.419 e. The third-order valence-corrected chi connectivity index (χ3v) is 2.10. The second-order valence-corrected chi connectivity index (χ2v) is 4.64.